The quantitative estimate of drug-likeness (QED) is 0.0931. The van der Waals surface area contributed by atoms with Crippen molar-refractivity contribution in [1.82, 2.24) is 0 Å². The average molecular weight is 670 g/mol. The first-order valence-corrected chi connectivity index (χ1v) is 12.2. The molecule has 35 heavy (non-hydrogen) atoms. The zero-order valence-corrected chi connectivity index (χ0v) is 22.5. The molecular formula is C24H15BrClIN2O6. The summed E-state index contributed by atoms with van der Waals surface area (Å²) < 4.78 is 18.5. The molecule has 1 aliphatic heterocycles. The molecule has 0 saturated heterocycles. The van der Waals surface area contributed by atoms with Crippen LogP contribution in [0, 0.1) is 13.7 Å². The number of nitro groups is 1. The Kier molecular flexibility index (Phi) is 7.72. The van der Waals surface area contributed by atoms with Crippen LogP contribution in [0.3, 0.4) is 0 Å². The van der Waals surface area contributed by atoms with Gasteiger partial charge in [0.2, 0.25) is 5.90 Å². The molecule has 1 heterocycles. The molecule has 0 spiro atoms. The fourth-order valence-corrected chi connectivity index (χ4v) is 4.14. The van der Waals surface area contributed by atoms with Gasteiger partial charge in [0.05, 0.1) is 17.1 Å². The number of hydrogen-bond acceptors (Lipinski definition) is 7. The number of esters is 1. The summed E-state index contributed by atoms with van der Waals surface area (Å²) in [4.78, 5) is 27.1. The summed E-state index contributed by atoms with van der Waals surface area (Å²) in [6.07, 6.45) is 1.55. The van der Waals surface area contributed by atoms with Crippen molar-refractivity contribution >= 4 is 73.8 Å². The van der Waals surface area contributed by atoms with Gasteiger partial charge in [-0.05, 0) is 98.2 Å². The number of aliphatic imine (C=N–C) groups is 1. The minimum absolute atomic E-state index is 0.00679. The van der Waals surface area contributed by atoms with Crippen molar-refractivity contribution in [2.75, 3.05) is 7.11 Å². The van der Waals surface area contributed by atoms with E-state index in [2.05, 4.69) is 43.5 Å². The number of hydrogen-bond donors (Lipinski definition) is 0. The molecule has 1 aliphatic rings. The highest BCUT2D eigenvalue weighted by Crippen LogP contribution is 2.38. The van der Waals surface area contributed by atoms with E-state index in [0.29, 0.717) is 22.6 Å². The maximum absolute atomic E-state index is 12.4. The normalized spacial score (nSPS) is 14.0. The summed E-state index contributed by atoms with van der Waals surface area (Å²) in [5, 5.41) is 11.1. The molecule has 0 fully saturated rings. The van der Waals surface area contributed by atoms with Crippen molar-refractivity contribution in [3.05, 3.63) is 100 Å². The molecule has 0 aliphatic carbocycles. The van der Waals surface area contributed by atoms with Crippen LogP contribution in [0.4, 0.5) is 5.69 Å². The number of non-ortho nitro benzene ring substituents is 1. The predicted octanol–water partition coefficient (Wildman–Crippen LogP) is 6.55. The monoisotopic (exact) mass is 668 g/mol. The smallest absolute Gasteiger partial charge is 0.363 e. The second kappa shape index (κ2) is 10.8. The number of methoxy groups -OCH3 is 1. The van der Waals surface area contributed by atoms with Crippen LogP contribution in [0.25, 0.3) is 6.08 Å². The van der Waals surface area contributed by atoms with E-state index in [9.17, 15) is 14.9 Å². The summed E-state index contributed by atoms with van der Waals surface area (Å²) in [5.74, 6) is 0.280. The average Bonchev–Trinajstić information content (AvgIpc) is 3.20. The summed E-state index contributed by atoms with van der Waals surface area (Å²) >= 11 is 12.1. The molecule has 0 atom stereocenters. The third kappa shape index (κ3) is 5.82. The second-order valence-electron chi connectivity index (χ2n) is 7.21. The number of nitro benzene ring substituents is 1. The first-order chi connectivity index (χ1) is 16.7. The zero-order valence-electron chi connectivity index (χ0n) is 18.0. The van der Waals surface area contributed by atoms with Crippen LogP contribution < -0.4 is 9.47 Å². The highest BCUT2D eigenvalue weighted by atomic mass is 127. The van der Waals surface area contributed by atoms with E-state index < -0.39 is 10.9 Å². The molecule has 178 valence electrons. The van der Waals surface area contributed by atoms with Gasteiger partial charge in [-0.1, -0.05) is 11.6 Å². The first kappa shape index (κ1) is 25.1. The Labute approximate surface area is 227 Å². The van der Waals surface area contributed by atoms with Crippen LogP contribution in [-0.4, -0.2) is 23.9 Å². The molecule has 0 aromatic heterocycles. The largest absolute Gasteiger partial charge is 0.493 e. The number of carbonyl (C=O) groups is 1. The van der Waals surface area contributed by atoms with Gasteiger partial charge in [0.25, 0.3) is 5.69 Å². The zero-order chi connectivity index (χ0) is 25.1. The summed E-state index contributed by atoms with van der Waals surface area (Å²) in [7, 11) is 1.47. The van der Waals surface area contributed by atoms with E-state index in [1.165, 1.54) is 19.2 Å². The number of cyclic esters (lactones) is 1. The van der Waals surface area contributed by atoms with Gasteiger partial charge in [-0.2, -0.15) is 0 Å². The molecule has 3 aromatic carbocycles. The fraction of sp³-hybridized carbons (Fsp3) is 0.0833. The molecule has 11 heteroatoms. The summed E-state index contributed by atoms with van der Waals surface area (Å²) in [6, 6.07) is 14.8. The minimum Gasteiger partial charge on any atom is -0.493 e. The molecule has 0 unspecified atom stereocenters. The number of halogens is 3. The molecule has 3 aromatic rings. The fourth-order valence-electron chi connectivity index (χ4n) is 3.15. The van der Waals surface area contributed by atoms with E-state index >= 15 is 0 Å². The van der Waals surface area contributed by atoms with Gasteiger partial charge in [0.15, 0.2) is 17.2 Å². The Morgan fingerprint density at radius 2 is 1.94 bits per heavy atom. The Balaban J connectivity index is 1.56. The lowest BCUT2D eigenvalue weighted by molar-refractivity contribution is -0.384. The van der Waals surface area contributed by atoms with Gasteiger partial charge in [-0.3, -0.25) is 10.1 Å². The van der Waals surface area contributed by atoms with E-state index in [1.807, 2.05) is 18.2 Å². The van der Waals surface area contributed by atoms with Crippen LogP contribution in [-0.2, 0) is 16.1 Å². The standard InChI is InChI=1S/C24H15BrClIN2O6/c1-33-21-10-14(8-18(26)22(21)34-12-13-2-5-16(6-3-13)29(31)32)9-20-24(30)35-23(28-20)15-4-7-19(27)17(25)11-15/h2-11H,12H2,1H3/b20-9-. The van der Waals surface area contributed by atoms with Crippen LogP contribution in [0.1, 0.15) is 16.7 Å². The van der Waals surface area contributed by atoms with Crippen molar-refractivity contribution < 1.29 is 23.9 Å². The van der Waals surface area contributed by atoms with Gasteiger partial charge >= 0.3 is 5.97 Å². The van der Waals surface area contributed by atoms with Crippen LogP contribution >= 0.6 is 50.1 Å². The van der Waals surface area contributed by atoms with Crippen LogP contribution in [0.2, 0.25) is 5.02 Å². The summed E-state index contributed by atoms with van der Waals surface area (Å²) in [6.45, 7) is 0.125. The molecule has 0 amide bonds. The Bertz CT molecular complexity index is 1390. The summed E-state index contributed by atoms with van der Waals surface area (Å²) in [5.41, 5.74) is 2.06. The maximum atomic E-state index is 12.4. The van der Waals surface area contributed by atoms with Crippen molar-refractivity contribution in [2.24, 2.45) is 4.99 Å². The SMILES string of the molecule is COc1cc(/C=C2\N=C(c3ccc(I)c(Br)c3)OC2=O)cc(Cl)c1OCc1ccc([N+](=O)[O-])cc1. The highest BCUT2D eigenvalue weighted by molar-refractivity contribution is 14.1. The Hall–Kier alpha value is -2.96. The molecule has 0 N–H and O–H groups in total. The Morgan fingerprint density at radius 3 is 2.60 bits per heavy atom. The van der Waals surface area contributed by atoms with Crippen molar-refractivity contribution in [3.8, 4) is 11.5 Å². The minimum atomic E-state index is -0.580. The van der Waals surface area contributed by atoms with Crippen molar-refractivity contribution in [1.29, 1.82) is 0 Å². The third-order valence-corrected chi connectivity index (χ3v) is 7.49. The van der Waals surface area contributed by atoms with E-state index in [4.69, 9.17) is 25.8 Å². The van der Waals surface area contributed by atoms with Crippen molar-refractivity contribution in [2.45, 2.75) is 6.61 Å². The maximum Gasteiger partial charge on any atom is 0.363 e. The molecule has 0 bridgehead atoms. The van der Waals surface area contributed by atoms with E-state index in [1.54, 1.807) is 30.3 Å². The van der Waals surface area contributed by atoms with Crippen LogP contribution in [0.5, 0.6) is 11.5 Å². The number of rotatable bonds is 7. The molecule has 0 radical (unpaired) electrons. The van der Waals surface area contributed by atoms with E-state index in [-0.39, 0.29) is 28.9 Å². The lowest BCUT2D eigenvalue weighted by Crippen LogP contribution is -2.05. The lowest BCUT2D eigenvalue weighted by Gasteiger charge is -2.13. The van der Waals surface area contributed by atoms with Gasteiger partial charge in [-0.25, -0.2) is 9.79 Å². The van der Waals surface area contributed by atoms with E-state index in [0.717, 1.165) is 13.6 Å². The molecule has 4 rings (SSSR count). The van der Waals surface area contributed by atoms with Crippen LogP contribution in [0.15, 0.2) is 69.8 Å². The van der Waals surface area contributed by atoms with Crippen molar-refractivity contribution in [3.63, 3.8) is 0 Å². The number of nitrogens with zero attached hydrogens (tertiary/aromatic N) is 2. The lowest BCUT2D eigenvalue weighted by atomic mass is 10.1. The van der Waals surface area contributed by atoms with Gasteiger partial charge < -0.3 is 14.2 Å². The third-order valence-electron chi connectivity index (χ3n) is 4.87. The van der Waals surface area contributed by atoms with Gasteiger partial charge in [0, 0.05) is 25.7 Å². The Morgan fingerprint density at radius 1 is 1.20 bits per heavy atom. The predicted molar refractivity (Wildman–Crippen MR) is 143 cm³/mol. The second-order valence-corrected chi connectivity index (χ2v) is 9.64. The van der Waals surface area contributed by atoms with Gasteiger partial charge in [-0.15, -0.1) is 0 Å². The topological polar surface area (TPSA) is 100 Å². The first-order valence-electron chi connectivity index (χ1n) is 9.97. The highest BCUT2D eigenvalue weighted by Gasteiger charge is 2.25. The molecule has 0 saturated carbocycles. The van der Waals surface area contributed by atoms with Gasteiger partial charge in [0.1, 0.15) is 6.61 Å². The number of ether oxygens (including phenoxy) is 3. The molecular weight excluding hydrogens is 655 g/mol. The number of carbonyl (C=O) groups excluding carboxylic acids is 1. The number of benzene rings is 3. The molecule has 8 nitrogen and oxygen atoms in total.